The number of benzene rings is 1. The van der Waals surface area contributed by atoms with E-state index in [4.69, 9.17) is 5.11 Å². The van der Waals surface area contributed by atoms with Crippen molar-refractivity contribution in [2.24, 2.45) is 0 Å². The molecule has 1 rings (SSSR count). The molecule has 3 N–H and O–H groups in total. The number of aryl methyl sites for hydroxylation is 2. The van der Waals surface area contributed by atoms with E-state index in [0.29, 0.717) is 6.42 Å². The van der Waals surface area contributed by atoms with Crippen LogP contribution < -0.4 is 10.6 Å². The molecule has 20 heavy (non-hydrogen) atoms. The van der Waals surface area contributed by atoms with Crippen LogP contribution in [0.5, 0.6) is 0 Å². The number of nitrogens with one attached hydrogen (secondary N) is 2. The van der Waals surface area contributed by atoms with E-state index in [1.54, 1.807) is 0 Å². The van der Waals surface area contributed by atoms with Crippen LogP contribution in [0.1, 0.15) is 30.9 Å². The maximum Gasteiger partial charge on any atom is 0.320 e. The lowest BCUT2D eigenvalue weighted by Gasteiger charge is -2.14. The number of carbonyl (C=O) groups is 2. The molecule has 1 atom stereocenters. The number of hydrogen-bond donors (Lipinski definition) is 3. The molecule has 0 saturated heterocycles. The van der Waals surface area contributed by atoms with Gasteiger partial charge in [-0.15, -0.1) is 0 Å². The zero-order valence-electron chi connectivity index (χ0n) is 12.2. The summed E-state index contributed by atoms with van der Waals surface area (Å²) in [6.07, 6.45) is 1.26. The number of carbonyl (C=O) groups excluding carboxylic acids is 1. The number of anilines is 1. The SMILES string of the molecule is CCCC(NCC(=O)Nc1ccc(C)cc1C)C(=O)O. The summed E-state index contributed by atoms with van der Waals surface area (Å²) < 4.78 is 0. The zero-order chi connectivity index (χ0) is 15.1. The van der Waals surface area contributed by atoms with Crippen molar-refractivity contribution in [3.05, 3.63) is 29.3 Å². The molecule has 0 spiro atoms. The standard InChI is InChI=1S/C15H22N2O3/c1-4-5-13(15(19)20)16-9-14(18)17-12-7-6-10(2)8-11(12)3/h6-8,13,16H,4-5,9H2,1-3H3,(H,17,18)(H,19,20). The van der Waals surface area contributed by atoms with E-state index in [0.717, 1.165) is 23.2 Å². The Bertz CT molecular complexity index is 486. The summed E-state index contributed by atoms with van der Waals surface area (Å²) in [5.41, 5.74) is 2.87. The minimum absolute atomic E-state index is 0.00964. The van der Waals surface area contributed by atoms with Gasteiger partial charge in [0.1, 0.15) is 6.04 Å². The molecule has 1 amide bonds. The minimum atomic E-state index is -0.925. The van der Waals surface area contributed by atoms with E-state index in [1.807, 2.05) is 39.0 Å². The summed E-state index contributed by atoms with van der Waals surface area (Å²) in [5, 5.41) is 14.5. The molecule has 0 aliphatic carbocycles. The Morgan fingerprint density at radius 2 is 2.00 bits per heavy atom. The summed E-state index contributed by atoms with van der Waals surface area (Å²) in [6, 6.07) is 5.08. The lowest BCUT2D eigenvalue weighted by Crippen LogP contribution is -2.41. The highest BCUT2D eigenvalue weighted by molar-refractivity contribution is 5.93. The Balaban J connectivity index is 2.53. The highest BCUT2D eigenvalue weighted by Gasteiger charge is 2.16. The maximum atomic E-state index is 11.8. The Kier molecular flexibility index (Phi) is 6.18. The van der Waals surface area contributed by atoms with Crippen molar-refractivity contribution in [3.63, 3.8) is 0 Å². The Hall–Kier alpha value is -1.88. The van der Waals surface area contributed by atoms with Crippen LogP contribution >= 0.6 is 0 Å². The van der Waals surface area contributed by atoms with Gasteiger partial charge in [0.15, 0.2) is 0 Å². The van der Waals surface area contributed by atoms with Gasteiger partial charge in [0.25, 0.3) is 0 Å². The van der Waals surface area contributed by atoms with Crippen LogP contribution in [0.25, 0.3) is 0 Å². The van der Waals surface area contributed by atoms with Crippen molar-refractivity contribution in [2.75, 3.05) is 11.9 Å². The molecule has 0 bridgehead atoms. The van der Waals surface area contributed by atoms with Gasteiger partial charge in [-0.3, -0.25) is 14.9 Å². The second-order valence-corrected chi connectivity index (χ2v) is 4.93. The smallest absolute Gasteiger partial charge is 0.320 e. The molecular formula is C15H22N2O3. The quantitative estimate of drug-likeness (QED) is 0.713. The van der Waals surface area contributed by atoms with E-state index < -0.39 is 12.0 Å². The minimum Gasteiger partial charge on any atom is -0.480 e. The van der Waals surface area contributed by atoms with E-state index >= 15 is 0 Å². The second kappa shape index (κ2) is 7.65. The summed E-state index contributed by atoms with van der Waals surface area (Å²) in [6.45, 7) is 5.81. The van der Waals surface area contributed by atoms with Gasteiger partial charge in [-0.25, -0.2) is 0 Å². The van der Waals surface area contributed by atoms with Crippen molar-refractivity contribution >= 4 is 17.6 Å². The van der Waals surface area contributed by atoms with Crippen molar-refractivity contribution in [1.29, 1.82) is 0 Å². The first-order valence-corrected chi connectivity index (χ1v) is 6.77. The predicted octanol–water partition coefficient (Wildman–Crippen LogP) is 2.08. The summed E-state index contributed by atoms with van der Waals surface area (Å²) in [7, 11) is 0. The van der Waals surface area contributed by atoms with Gasteiger partial charge < -0.3 is 10.4 Å². The van der Waals surface area contributed by atoms with Crippen LogP contribution in [0, 0.1) is 13.8 Å². The highest BCUT2D eigenvalue weighted by atomic mass is 16.4. The predicted molar refractivity (Wildman–Crippen MR) is 78.9 cm³/mol. The first-order chi connectivity index (χ1) is 9.43. The summed E-state index contributed by atoms with van der Waals surface area (Å²) >= 11 is 0. The van der Waals surface area contributed by atoms with Crippen molar-refractivity contribution in [1.82, 2.24) is 5.32 Å². The molecule has 1 aromatic carbocycles. The Morgan fingerprint density at radius 1 is 1.30 bits per heavy atom. The van der Waals surface area contributed by atoms with Crippen LogP contribution in [0.3, 0.4) is 0 Å². The topological polar surface area (TPSA) is 78.4 Å². The maximum absolute atomic E-state index is 11.8. The fourth-order valence-corrected chi connectivity index (χ4v) is 1.97. The van der Waals surface area contributed by atoms with Crippen molar-refractivity contribution in [3.8, 4) is 0 Å². The van der Waals surface area contributed by atoms with Gasteiger partial charge in [0, 0.05) is 5.69 Å². The van der Waals surface area contributed by atoms with E-state index in [-0.39, 0.29) is 12.5 Å². The van der Waals surface area contributed by atoms with Gasteiger partial charge in [-0.05, 0) is 31.9 Å². The number of carboxylic acid groups (broad SMARTS) is 1. The molecule has 0 fully saturated rings. The van der Waals surface area contributed by atoms with Crippen LogP contribution in [-0.2, 0) is 9.59 Å². The summed E-state index contributed by atoms with van der Waals surface area (Å²) in [4.78, 5) is 22.8. The monoisotopic (exact) mass is 278 g/mol. The van der Waals surface area contributed by atoms with Gasteiger partial charge >= 0.3 is 5.97 Å². The third kappa shape index (κ3) is 5.01. The molecule has 5 nitrogen and oxygen atoms in total. The molecule has 0 aliphatic rings. The number of hydrogen-bond acceptors (Lipinski definition) is 3. The molecule has 0 heterocycles. The number of carboxylic acids is 1. The average Bonchev–Trinajstić information content (AvgIpc) is 2.37. The van der Waals surface area contributed by atoms with E-state index in [9.17, 15) is 9.59 Å². The number of amides is 1. The van der Waals surface area contributed by atoms with Crippen LogP contribution in [0.2, 0.25) is 0 Å². The van der Waals surface area contributed by atoms with Gasteiger partial charge in [-0.2, -0.15) is 0 Å². The Labute approximate surface area is 119 Å². The van der Waals surface area contributed by atoms with Gasteiger partial charge in [-0.1, -0.05) is 31.0 Å². The average molecular weight is 278 g/mol. The third-order valence-corrected chi connectivity index (χ3v) is 3.04. The fraction of sp³-hybridized carbons (Fsp3) is 0.467. The summed E-state index contributed by atoms with van der Waals surface area (Å²) in [5.74, 6) is -1.16. The lowest BCUT2D eigenvalue weighted by atomic mass is 10.1. The molecule has 0 saturated carbocycles. The third-order valence-electron chi connectivity index (χ3n) is 3.04. The highest BCUT2D eigenvalue weighted by Crippen LogP contribution is 2.15. The first kappa shape index (κ1) is 16.2. The molecule has 110 valence electrons. The van der Waals surface area contributed by atoms with Gasteiger partial charge in [0.05, 0.1) is 6.54 Å². The molecule has 1 unspecified atom stereocenters. The van der Waals surface area contributed by atoms with E-state index in [1.165, 1.54) is 0 Å². The molecule has 0 radical (unpaired) electrons. The molecule has 1 aromatic rings. The van der Waals surface area contributed by atoms with Crippen LogP contribution in [0.15, 0.2) is 18.2 Å². The first-order valence-electron chi connectivity index (χ1n) is 6.77. The molecule has 5 heteroatoms. The van der Waals surface area contributed by atoms with Crippen molar-refractivity contribution < 1.29 is 14.7 Å². The fourth-order valence-electron chi connectivity index (χ4n) is 1.97. The lowest BCUT2D eigenvalue weighted by molar-refractivity contribution is -0.139. The molecule has 0 aliphatic heterocycles. The van der Waals surface area contributed by atoms with Crippen LogP contribution in [0.4, 0.5) is 5.69 Å². The molecular weight excluding hydrogens is 256 g/mol. The van der Waals surface area contributed by atoms with Crippen LogP contribution in [-0.4, -0.2) is 29.6 Å². The Morgan fingerprint density at radius 3 is 2.55 bits per heavy atom. The molecule has 0 aromatic heterocycles. The normalized spacial score (nSPS) is 11.9. The van der Waals surface area contributed by atoms with Crippen molar-refractivity contribution in [2.45, 2.75) is 39.7 Å². The second-order valence-electron chi connectivity index (χ2n) is 4.93. The van der Waals surface area contributed by atoms with Gasteiger partial charge in [0.2, 0.25) is 5.91 Å². The number of rotatable bonds is 7. The largest absolute Gasteiger partial charge is 0.480 e. The zero-order valence-corrected chi connectivity index (χ0v) is 12.2. The number of aliphatic carboxylic acids is 1. The van der Waals surface area contributed by atoms with E-state index in [2.05, 4.69) is 10.6 Å².